The van der Waals surface area contributed by atoms with E-state index in [1.54, 1.807) is 0 Å². The lowest BCUT2D eigenvalue weighted by atomic mass is 9.81. The van der Waals surface area contributed by atoms with Gasteiger partial charge in [0.2, 0.25) is 0 Å². The predicted molar refractivity (Wildman–Crippen MR) is 280 cm³/mol. The molecule has 2 unspecified atom stereocenters. The Bertz CT molecular complexity index is 2950. The van der Waals surface area contributed by atoms with Crippen LogP contribution in [0, 0.1) is 11.8 Å². The van der Waals surface area contributed by atoms with Crippen molar-refractivity contribution in [2.24, 2.45) is 11.8 Å². The number of fused-ring (bicyclic) bond motifs is 2. The molecule has 22 heteroatoms. The second kappa shape index (κ2) is 24.0. The maximum absolute atomic E-state index is 14.8. The molecule has 2 heterocycles. The van der Waals surface area contributed by atoms with E-state index in [2.05, 4.69) is 13.2 Å². The highest BCUT2D eigenvalue weighted by atomic mass is 35.5. The van der Waals surface area contributed by atoms with Gasteiger partial charge in [0.05, 0.1) is 60.0 Å². The van der Waals surface area contributed by atoms with Gasteiger partial charge in [-0.05, 0) is 48.9 Å². The Labute approximate surface area is 454 Å². The molecule has 0 radical (unpaired) electrons. The van der Waals surface area contributed by atoms with Crippen LogP contribution in [0.3, 0.4) is 0 Å². The maximum atomic E-state index is 14.8. The van der Waals surface area contributed by atoms with Crippen LogP contribution in [0.5, 0.6) is 0 Å². The van der Waals surface area contributed by atoms with Crippen LogP contribution in [0.4, 0.5) is 0 Å². The number of halogens is 4. The van der Waals surface area contributed by atoms with Crippen LogP contribution in [0.2, 0.25) is 20.1 Å². The fourth-order valence-corrected chi connectivity index (χ4v) is 10.7. The normalized spacial score (nSPS) is 14.0. The smallest absolute Gasteiger partial charge is 0.330 e. The van der Waals surface area contributed by atoms with Crippen LogP contribution in [0.1, 0.15) is 108 Å². The fraction of sp³-hybridized carbons (Fsp3) is 0.370. The second-order valence-corrected chi connectivity index (χ2v) is 20.3. The molecule has 400 valence electrons. The van der Waals surface area contributed by atoms with Gasteiger partial charge in [-0.15, -0.1) is 0 Å². The van der Waals surface area contributed by atoms with Crippen molar-refractivity contribution in [2.75, 3.05) is 39.6 Å². The van der Waals surface area contributed by atoms with Crippen molar-refractivity contribution in [2.45, 2.75) is 78.3 Å². The van der Waals surface area contributed by atoms with Gasteiger partial charge in [0.25, 0.3) is 23.6 Å². The molecule has 2 aliphatic rings. The summed E-state index contributed by atoms with van der Waals surface area (Å²) in [6, 6.07) is 3.60. The number of imide groups is 2. The number of ether oxygens (including phenoxy) is 6. The second-order valence-electron chi connectivity index (χ2n) is 18.7. The molecule has 5 aromatic rings. The number of esters is 6. The molecular formula is C54H50Cl4N2O16. The average molecular weight is 1120 g/mol. The van der Waals surface area contributed by atoms with Crippen LogP contribution >= 0.6 is 46.4 Å². The highest BCUT2D eigenvalue weighted by Gasteiger charge is 2.43. The monoisotopic (exact) mass is 1120 g/mol. The topological polar surface area (TPSA) is 233 Å². The number of hydrogen-bond donors (Lipinski definition) is 0. The standard InChI is InChI=1S/C54H50Cl4N2O16/c1-7-37(61)71-13-15-73-39(63)9-11-41(65)75-23-27(17-25(3)4)59-51(67)29-19-33(55)45-47-35(57)21-31-44-32(22-36(58)48(50(44)47)46-34(56)20-30(52(59)68)43(29)49(45)46)54(70)60(53(31)69)28(18-26(5)6)24-76-42(66)12-10-40(64)74-16-14-72-38(62)8-2/h7-8,19-22,25-28H,1-2,9-18,23-24H2,3-6H3. The van der Waals surface area contributed by atoms with Gasteiger partial charge < -0.3 is 28.4 Å². The first-order chi connectivity index (χ1) is 36.1. The first-order valence-corrected chi connectivity index (χ1v) is 25.6. The first-order valence-electron chi connectivity index (χ1n) is 24.0. The third kappa shape index (κ3) is 11.6. The van der Waals surface area contributed by atoms with Gasteiger partial charge in [0.1, 0.15) is 39.6 Å². The minimum Gasteiger partial charge on any atom is -0.463 e. The first kappa shape index (κ1) is 56.9. The minimum atomic E-state index is -0.990. The van der Waals surface area contributed by atoms with E-state index < -0.39 is 84.7 Å². The molecule has 0 N–H and O–H groups in total. The van der Waals surface area contributed by atoms with Crippen LogP contribution < -0.4 is 0 Å². The van der Waals surface area contributed by atoms with E-state index in [-0.39, 0.29) is 162 Å². The van der Waals surface area contributed by atoms with Gasteiger partial charge in [-0.25, -0.2) is 9.59 Å². The average Bonchev–Trinajstić information content (AvgIpc) is 3.56. The largest absolute Gasteiger partial charge is 0.463 e. The highest BCUT2D eigenvalue weighted by Crippen LogP contribution is 2.54. The summed E-state index contributed by atoms with van der Waals surface area (Å²) < 4.78 is 30.6. The van der Waals surface area contributed by atoms with Crippen molar-refractivity contribution in [3.05, 3.63) is 91.9 Å². The number of benzene rings is 5. The van der Waals surface area contributed by atoms with Crippen LogP contribution in [-0.2, 0) is 57.2 Å². The van der Waals surface area contributed by atoms with Crippen molar-refractivity contribution in [1.82, 2.24) is 9.80 Å². The maximum Gasteiger partial charge on any atom is 0.330 e. The van der Waals surface area contributed by atoms with Gasteiger partial charge in [-0.3, -0.25) is 48.2 Å². The molecule has 0 bridgehead atoms. The molecule has 18 nitrogen and oxygen atoms in total. The zero-order valence-corrected chi connectivity index (χ0v) is 44.6. The van der Waals surface area contributed by atoms with Gasteiger partial charge >= 0.3 is 35.8 Å². The van der Waals surface area contributed by atoms with Crippen molar-refractivity contribution in [3.8, 4) is 0 Å². The summed E-state index contributed by atoms with van der Waals surface area (Å²) in [5.41, 5.74) is 0.0583. The molecule has 76 heavy (non-hydrogen) atoms. The highest BCUT2D eigenvalue weighted by molar-refractivity contribution is 6.56. The lowest BCUT2D eigenvalue weighted by Gasteiger charge is -2.36. The van der Waals surface area contributed by atoms with E-state index in [1.807, 2.05) is 27.7 Å². The SMILES string of the molecule is C=CC(=O)OCCOC(=O)CCC(=O)OCC(CC(C)C)N1C(=O)c2cc(Cl)c3c4c(Cl)cc5c6c(cc(Cl)c(c7c(Cl)cc(c2c37)C1=O)c64)C(=O)N(C(COC(=O)CCC(=O)OCCOC(=O)C=C)CC(C)C)C5=O. The summed E-state index contributed by atoms with van der Waals surface area (Å²) in [5, 5.41) is 1.89. The van der Waals surface area contributed by atoms with E-state index >= 15 is 0 Å². The third-order valence-corrected chi connectivity index (χ3v) is 13.8. The van der Waals surface area contributed by atoms with Crippen LogP contribution in [0.25, 0.3) is 43.1 Å². The zero-order chi connectivity index (χ0) is 55.4. The molecule has 0 aromatic heterocycles. The Balaban J connectivity index is 1.19. The van der Waals surface area contributed by atoms with Gasteiger partial charge in [0.15, 0.2) is 0 Å². The fourth-order valence-electron chi connectivity index (χ4n) is 9.53. The number of nitrogens with zero attached hydrogens (tertiary/aromatic N) is 2. The third-order valence-electron chi connectivity index (χ3n) is 12.6. The molecule has 2 atom stereocenters. The predicted octanol–water partition coefficient (Wildman–Crippen LogP) is 9.56. The van der Waals surface area contributed by atoms with Crippen molar-refractivity contribution in [3.63, 3.8) is 0 Å². The van der Waals surface area contributed by atoms with Crippen LogP contribution in [0.15, 0.2) is 49.6 Å². The number of rotatable bonds is 24. The number of amides is 4. The Hall–Kier alpha value is -6.86. The zero-order valence-electron chi connectivity index (χ0n) is 41.6. The summed E-state index contributed by atoms with van der Waals surface area (Å²) in [4.78, 5) is 134. The molecule has 4 amide bonds. The molecule has 0 saturated carbocycles. The molecule has 5 aromatic carbocycles. The van der Waals surface area contributed by atoms with Gasteiger partial charge in [-0.1, -0.05) is 87.3 Å². The molecule has 7 rings (SSSR count). The van der Waals surface area contributed by atoms with Gasteiger partial charge in [0, 0.05) is 75.3 Å². The number of carbonyl (C=O) groups excluding carboxylic acids is 10. The molecule has 0 saturated heterocycles. The summed E-state index contributed by atoms with van der Waals surface area (Å²) in [6.45, 7) is 12.2. The Morgan fingerprint density at radius 3 is 0.961 bits per heavy atom. The summed E-state index contributed by atoms with van der Waals surface area (Å²) >= 11 is 28.8. The summed E-state index contributed by atoms with van der Waals surface area (Å²) in [5.74, 6) is -7.73. The number of carbonyl (C=O) groups is 10. The van der Waals surface area contributed by atoms with Crippen LogP contribution in [-0.4, -0.2) is 121 Å². The molecule has 0 fully saturated rings. The van der Waals surface area contributed by atoms with E-state index in [9.17, 15) is 47.9 Å². The summed E-state index contributed by atoms with van der Waals surface area (Å²) in [7, 11) is 0. The lowest BCUT2D eigenvalue weighted by Crippen LogP contribution is -2.50. The molecule has 2 aliphatic heterocycles. The number of hydrogen-bond acceptors (Lipinski definition) is 16. The van der Waals surface area contributed by atoms with Gasteiger partial charge in [-0.2, -0.15) is 0 Å². The van der Waals surface area contributed by atoms with E-state index in [0.29, 0.717) is 0 Å². The minimum absolute atomic E-state index is 0.00206. The van der Waals surface area contributed by atoms with Crippen molar-refractivity contribution in [1.29, 1.82) is 0 Å². The molecule has 0 spiro atoms. The Morgan fingerprint density at radius 1 is 0.434 bits per heavy atom. The summed E-state index contributed by atoms with van der Waals surface area (Å²) in [6.07, 6.45) is 0.833. The van der Waals surface area contributed by atoms with E-state index in [0.717, 1.165) is 22.0 Å². The molecular weight excluding hydrogens is 1070 g/mol. The lowest BCUT2D eigenvalue weighted by molar-refractivity contribution is -0.153. The Morgan fingerprint density at radius 2 is 0.697 bits per heavy atom. The van der Waals surface area contributed by atoms with Crippen molar-refractivity contribution < 1.29 is 76.4 Å². The van der Waals surface area contributed by atoms with E-state index in [1.165, 1.54) is 24.3 Å². The van der Waals surface area contributed by atoms with Crippen molar-refractivity contribution >= 4 is 149 Å². The molecule has 0 aliphatic carbocycles. The quantitative estimate of drug-likeness (QED) is 0.0106. The van der Waals surface area contributed by atoms with E-state index in [4.69, 9.17) is 74.8 Å². The Kier molecular flexibility index (Phi) is 18.0.